The molecule has 0 aliphatic carbocycles. The zero-order valence-electron chi connectivity index (χ0n) is 9.26. The summed E-state index contributed by atoms with van der Waals surface area (Å²) < 4.78 is 51.5. The predicted molar refractivity (Wildman–Crippen MR) is 68.1 cm³/mol. The number of nitrogens with two attached hydrogens (primary N) is 1. The topological polar surface area (TPSA) is 38.9 Å². The number of aromatic nitrogens is 1. The normalized spacial score (nSPS) is 11.9. The van der Waals surface area contributed by atoms with Gasteiger partial charge >= 0.3 is 6.18 Å². The molecule has 102 valence electrons. The van der Waals surface area contributed by atoms with Gasteiger partial charge in [-0.25, -0.2) is 9.37 Å². The Balaban J connectivity index is 2.55. The van der Waals surface area contributed by atoms with E-state index in [4.69, 9.17) is 5.73 Å². The number of alkyl halides is 3. The second-order valence-corrected chi connectivity index (χ2v) is 5.55. The van der Waals surface area contributed by atoms with E-state index in [0.717, 1.165) is 17.4 Å². The van der Waals surface area contributed by atoms with Gasteiger partial charge < -0.3 is 5.73 Å². The van der Waals surface area contributed by atoms with Crippen LogP contribution in [0.1, 0.15) is 10.6 Å². The van der Waals surface area contributed by atoms with Crippen LogP contribution in [0.15, 0.2) is 22.7 Å². The summed E-state index contributed by atoms with van der Waals surface area (Å²) in [6.45, 7) is -0.245. The van der Waals surface area contributed by atoms with Crippen molar-refractivity contribution in [2.24, 2.45) is 5.73 Å². The Kier molecular flexibility index (Phi) is 3.93. The highest BCUT2D eigenvalue weighted by molar-refractivity contribution is 9.10. The minimum atomic E-state index is -4.55. The van der Waals surface area contributed by atoms with E-state index in [9.17, 15) is 17.6 Å². The van der Waals surface area contributed by atoms with Gasteiger partial charge in [-0.2, -0.15) is 13.2 Å². The molecule has 0 fully saturated rings. The molecular weight excluding hydrogens is 348 g/mol. The lowest BCUT2D eigenvalue weighted by molar-refractivity contribution is -0.141. The highest BCUT2D eigenvalue weighted by Gasteiger charge is 2.37. The number of hydrogen-bond donors (Lipinski definition) is 1. The highest BCUT2D eigenvalue weighted by Crippen LogP contribution is 2.39. The first-order chi connectivity index (χ1) is 8.82. The fraction of sp³-hybridized carbons (Fsp3) is 0.182. The Morgan fingerprint density at radius 3 is 2.47 bits per heavy atom. The lowest BCUT2D eigenvalue weighted by Gasteiger charge is -2.03. The summed E-state index contributed by atoms with van der Waals surface area (Å²) in [6, 6.07) is 3.71. The first-order valence-electron chi connectivity index (χ1n) is 5.05. The van der Waals surface area contributed by atoms with Gasteiger partial charge in [-0.15, -0.1) is 11.3 Å². The van der Waals surface area contributed by atoms with Crippen LogP contribution in [0, 0.1) is 5.82 Å². The Labute approximate surface area is 118 Å². The van der Waals surface area contributed by atoms with Crippen molar-refractivity contribution in [3.05, 3.63) is 39.1 Å². The van der Waals surface area contributed by atoms with Crippen molar-refractivity contribution in [3.8, 4) is 10.6 Å². The molecule has 0 saturated heterocycles. The summed E-state index contributed by atoms with van der Waals surface area (Å²) in [5, 5.41) is 0.152. The largest absolute Gasteiger partial charge is 0.434 e. The lowest BCUT2D eigenvalue weighted by Crippen LogP contribution is -2.10. The molecular formula is C11H7BrF4N2S. The van der Waals surface area contributed by atoms with E-state index >= 15 is 0 Å². The van der Waals surface area contributed by atoms with Gasteiger partial charge in [0.15, 0.2) is 5.69 Å². The van der Waals surface area contributed by atoms with Crippen LogP contribution in [-0.2, 0) is 12.7 Å². The molecule has 19 heavy (non-hydrogen) atoms. The molecule has 0 atom stereocenters. The smallest absolute Gasteiger partial charge is 0.326 e. The van der Waals surface area contributed by atoms with Gasteiger partial charge in [-0.3, -0.25) is 0 Å². The fourth-order valence-corrected chi connectivity index (χ4v) is 3.16. The summed E-state index contributed by atoms with van der Waals surface area (Å²) >= 11 is 3.96. The van der Waals surface area contributed by atoms with Crippen molar-refractivity contribution in [2.45, 2.75) is 12.7 Å². The maximum Gasteiger partial charge on any atom is 0.434 e. The quantitative estimate of drug-likeness (QED) is 0.821. The molecule has 0 aliphatic heterocycles. The average molecular weight is 355 g/mol. The van der Waals surface area contributed by atoms with Gasteiger partial charge in [-0.05, 0) is 34.1 Å². The summed E-state index contributed by atoms with van der Waals surface area (Å²) in [5.74, 6) is -0.484. The van der Waals surface area contributed by atoms with E-state index in [1.54, 1.807) is 0 Å². The maximum absolute atomic E-state index is 13.0. The average Bonchev–Trinajstić information content (AvgIpc) is 2.72. The molecule has 0 amide bonds. The summed E-state index contributed by atoms with van der Waals surface area (Å²) in [7, 11) is 0. The molecule has 0 saturated carbocycles. The van der Waals surface area contributed by atoms with Crippen LogP contribution in [-0.4, -0.2) is 4.98 Å². The first-order valence-corrected chi connectivity index (χ1v) is 6.66. The number of rotatable bonds is 2. The molecule has 0 aliphatic rings. The second kappa shape index (κ2) is 5.18. The van der Waals surface area contributed by atoms with Crippen molar-refractivity contribution in [2.75, 3.05) is 0 Å². The third-order valence-electron chi connectivity index (χ3n) is 2.31. The number of halogens is 5. The molecule has 2 rings (SSSR count). The van der Waals surface area contributed by atoms with E-state index in [2.05, 4.69) is 20.9 Å². The van der Waals surface area contributed by atoms with Crippen molar-refractivity contribution in [3.63, 3.8) is 0 Å². The van der Waals surface area contributed by atoms with Gasteiger partial charge in [0.2, 0.25) is 0 Å². The molecule has 8 heteroatoms. The van der Waals surface area contributed by atoms with Crippen molar-refractivity contribution < 1.29 is 17.6 Å². The third kappa shape index (κ3) is 2.96. The molecule has 2 N–H and O–H groups in total. The minimum Gasteiger partial charge on any atom is -0.326 e. The van der Waals surface area contributed by atoms with Crippen molar-refractivity contribution >= 4 is 27.3 Å². The van der Waals surface area contributed by atoms with Crippen molar-refractivity contribution in [1.82, 2.24) is 4.98 Å². The van der Waals surface area contributed by atoms with Crippen LogP contribution < -0.4 is 5.73 Å². The molecule has 2 nitrogen and oxygen atoms in total. The molecule has 0 radical (unpaired) electrons. The predicted octanol–water partition coefficient (Wildman–Crippen LogP) is 4.19. The number of hydrogen-bond acceptors (Lipinski definition) is 3. The standard InChI is InChI=1S/C11H7BrF4N2S/c12-7-3-5(13)1-2-6(7)10-18-9(11(14,15)16)8(4-17)19-10/h1-3H,4,17H2. The Morgan fingerprint density at radius 1 is 1.32 bits per heavy atom. The Hall–Kier alpha value is -0.990. The zero-order valence-corrected chi connectivity index (χ0v) is 11.7. The van der Waals surface area contributed by atoms with Crippen LogP contribution in [0.3, 0.4) is 0 Å². The van der Waals surface area contributed by atoms with Gasteiger partial charge in [0.05, 0.1) is 4.88 Å². The van der Waals surface area contributed by atoms with E-state index in [1.165, 1.54) is 12.1 Å². The van der Waals surface area contributed by atoms with Crippen molar-refractivity contribution in [1.29, 1.82) is 0 Å². The first kappa shape index (κ1) is 14.4. The van der Waals surface area contributed by atoms with E-state index in [1.807, 2.05) is 0 Å². The zero-order chi connectivity index (χ0) is 14.2. The van der Waals surface area contributed by atoms with Gasteiger partial charge in [0.1, 0.15) is 10.8 Å². The number of thiazole rings is 1. The third-order valence-corrected chi connectivity index (χ3v) is 4.08. The second-order valence-electron chi connectivity index (χ2n) is 3.62. The van der Waals surface area contributed by atoms with Crippen LogP contribution in [0.25, 0.3) is 10.6 Å². The molecule has 2 aromatic rings. The summed E-state index contributed by atoms with van der Waals surface area (Å²) in [5.41, 5.74) is 4.72. The Bertz CT molecular complexity index is 609. The van der Waals surface area contributed by atoms with Gasteiger partial charge in [0.25, 0.3) is 0 Å². The molecule has 1 aromatic heterocycles. The highest BCUT2D eigenvalue weighted by atomic mass is 79.9. The van der Waals surface area contributed by atoms with Gasteiger partial charge in [0, 0.05) is 16.6 Å². The molecule has 1 heterocycles. The maximum atomic E-state index is 13.0. The van der Waals surface area contributed by atoms with E-state index in [0.29, 0.717) is 10.0 Å². The minimum absolute atomic E-state index is 0.0428. The van der Waals surface area contributed by atoms with Crippen LogP contribution in [0.2, 0.25) is 0 Å². The van der Waals surface area contributed by atoms with E-state index < -0.39 is 17.7 Å². The number of benzene rings is 1. The molecule has 0 unspecified atom stereocenters. The molecule has 0 spiro atoms. The monoisotopic (exact) mass is 354 g/mol. The van der Waals surface area contributed by atoms with E-state index in [-0.39, 0.29) is 16.4 Å². The van der Waals surface area contributed by atoms with Crippen LogP contribution in [0.4, 0.5) is 17.6 Å². The van der Waals surface area contributed by atoms with Crippen LogP contribution >= 0.6 is 27.3 Å². The summed E-state index contributed by atoms with van der Waals surface area (Å²) in [4.78, 5) is 3.53. The van der Waals surface area contributed by atoms with Crippen LogP contribution in [0.5, 0.6) is 0 Å². The summed E-state index contributed by atoms with van der Waals surface area (Å²) in [6.07, 6.45) is -4.55. The fourth-order valence-electron chi connectivity index (χ4n) is 1.49. The number of nitrogens with zero attached hydrogens (tertiary/aromatic N) is 1. The molecule has 0 bridgehead atoms. The lowest BCUT2D eigenvalue weighted by atomic mass is 10.2. The molecule has 1 aromatic carbocycles. The Morgan fingerprint density at radius 2 is 2.00 bits per heavy atom. The van der Waals surface area contributed by atoms with Gasteiger partial charge in [-0.1, -0.05) is 0 Å². The SMILES string of the molecule is NCc1sc(-c2ccc(F)cc2Br)nc1C(F)(F)F.